The molecule has 1 spiro atoms. The fraction of sp³-hybridized carbons (Fsp3) is 0.700. The zero-order valence-corrected chi connectivity index (χ0v) is 25.4. The molecule has 9 heteroatoms. The van der Waals surface area contributed by atoms with Gasteiger partial charge in [0.05, 0.1) is 12.0 Å². The van der Waals surface area contributed by atoms with Crippen molar-refractivity contribution in [2.45, 2.75) is 91.3 Å². The number of fused-ring (bicyclic) bond motifs is 5. The highest BCUT2D eigenvalue weighted by atomic mass is 35.5. The summed E-state index contributed by atoms with van der Waals surface area (Å²) in [6.07, 6.45) is 2.68. The smallest absolute Gasteiger partial charge is 0.358 e. The van der Waals surface area contributed by atoms with Gasteiger partial charge in [-0.1, -0.05) is 58.4 Å². The van der Waals surface area contributed by atoms with E-state index in [0.717, 1.165) is 16.9 Å². The van der Waals surface area contributed by atoms with E-state index < -0.39 is 35.0 Å². The Morgan fingerprint density at radius 2 is 1.97 bits per heavy atom. The van der Waals surface area contributed by atoms with Gasteiger partial charge in [-0.05, 0) is 67.4 Å². The standard InChI is InChI=1S/C30H38ClNO6S/c1-13(2)21-20(32-26(31)39-21)25(34)37-23-14(3)11-29-15(4)9-18-19(27(18,5)6)17(22(29)33)10-16-12-36-28(7,8)38-24(16)30(23,29)35/h10-11,13,15,17-19,23-24,35H,9,12H2,1-8H3/t15?,17-,18+,19-,23-,24+,29?,30+/m0/s1. The third-order valence-electron chi connectivity index (χ3n) is 10.2. The van der Waals surface area contributed by atoms with Gasteiger partial charge in [-0.15, -0.1) is 11.3 Å². The molecule has 3 fully saturated rings. The molecule has 1 N–H and O–H groups in total. The molecule has 7 nitrogen and oxygen atoms in total. The van der Waals surface area contributed by atoms with Gasteiger partial charge in [0.2, 0.25) is 0 Å². The maximum atomic E-state index is 14.8. The first-order valence-corrected chi connectivity index (χ1v) is 15.1. The zero-order valence-electron chi connectivity index (χ0n) is 23.8. The minimum Gasteiger partial charge on any atom is -0.450 e. The Hall–Kier alpha value is -1.58. The van der Waals surface area contributed by atoms with Crippen LogP contribution < -0.4 is 0 Å². The molecule has 2 saturated carbocycles. The fourth-order valence-electron chi connectivity index (χ4n) is 8.31. The molecule has 1 aromatic heterocycles. The molecule has 5 aliphatic rings. The summed E-state index contributed by atoms with van der Waals surface area (Å²) in [6, 6.07) is 0. The summed E-state index contributed by atoms with van der Waals surface area (Å²) in [5.74, 6) is -1.71. The number of rotatable bonds is 3. The number of ketones is 1. The summed E-state index contributed by atoms with van der Waals surface area (Å²) in [7, 11) is 0. The Balaban J connectivity index is 1.51. The van der Waals surface area contributed by atoms with Gasteiger partial charge in [0.1, 0.15) is 6.10 Å². The molecule has 212 valence electrons. The van der Waals surface area contributed by atoms with Crippen LogP contribution in [0.25, 0.3) is 0 Å². The third kappa shape index (κ3) is 3.60. The van der Waals surface area contributed by atoms with E-state index in [1.54, 1.807) is 13.8 Å². The van der Waals surface area contributed by atoms with E-state index in [1.165, 1.54) is 11.3 Å². The average molecular weight is 576 g/mol. The highest BCUT2D eigenvalue weighted by Crippen LogP contribution is 2.72. The van der Waals surface area contributed by atoms with Crippen LogP contribution in [0.1, 0.15) is 83.1 Å². The van der Waals surface area contributed by atoms with E-state index in [9.17, 15) is 14.7 Å². The Bertz CT molecular complexity index is 1330. The van der Waals surface area contributed by atoms with E-state index in [1.807, 2.05) is 32.9 Å². The van der Waals surface area contributed by atoms with Gasteiger partial charge in [0.25, 0.3) is 0 Å². The van der Waals surface area contributed by atoms with Crippen LogP contribution in [0.15, 0.2) is 23.3 Å². The van der Waals surface area contributed by atoms with Gasteiger partial charge in [-0.3, -0.25) is 4.79 Å². The summed E-state index contributed by atoms with van der Waals surface area (Å²) < 4.78 is 19.0. The normalized spacial score (nSPS) is 41.5. The molecule has 39 heavy (non-hydrogen) atoms. The van der Waals surface area contributed by atoms with Gasteiger partial charge in [-0.25, -0.2) is 9.78 Å². The molecular formula is C30H38ClNO6S. The zero-order chi connectivity index (χ0) is 28.4. The Kier molecular flexibility index (Phi) is 5.99. The number of hydrogen-bond acceptors (Lipinski definition) is 8. The highest BCUT2D eigenvalue weighted by molar-refractivity contribution is 7.16. The molecule has 4 aliphatic carbocycles. The third-order valence-corrected chi connectivity index (χ3v) is 11.7. The van der Waals surface area contributed by atoms with E-state index >= 15 is 0 Å². The van der Waals surface area contributed by atoms with Crippen LogP contribution in [0.5, 0.6) is 0 Å². The lowest BCUT2D eigenvalue weighted by atomic mass is 9.59. The summed E-state index contributed by atoms with van der Waals surface area (Å²) in [6.45, 7) is 16.1. The molecule has 2 bridgehead atoms. The van der Waals surface area contributed by atoms with E-state index in [-0.39, 0.29) is 51.6 Å². The summed E-state index contributed by atoms with van der Waals surface area (Å²) in [5, 5.41) is 13.1. The van der Waals surface area contributed by atoms with Crippen LogP contribution in [0.3, 0.4) is 0 Å². The molecule has 1 aromatic rings. The lowest BCUT2D eigenvalue weighted by molar-refractivity contribution is -0.302. The number of Topliss-reactive ketones (excluding diaryl/α,β-unsaturated/α-hetero) is 1. The number of allylic oxidation sites excluding steroid dienone is 1. The maximum Gasteiger partial charge on any atom is 0.358 e. The van der Waals surface area contributed by atoms with Gasteiger partial charge >= 0.3 is 5.97 Å². The monoisotopic (exact) mass is 575 g/mol. The SMILES string of the molecule is CC1=CC23C(=O)[C@@H](C=C4COC(C)(C)O[C@H]4[C@]2(O)[C@H]1OC(=O)c1nc(Cl)sc1C(C)C)[C@H]1[C@@H](CC3C)C1(C)C. The fourth-order valence-corrected chi connectivity index (χ4v) is 9.42. The molecule has 1 saturated heterocycles. The molecule has 2 heterocycles. The predicted octanol–water partition coefficient (Wildman–Crippen LogP) is 5.71. The number of nitrogens with zero attached hydrogens (tertiary/aromatic N) is 1. The largest absolute Gasteiger partial charge is 0.450 e. The van der Waals surface area contributed by atoms with Gasteiger partial charge in [-0.2, -0.15) is 0 Å². The van der Waals surface area contributed by atoms with Crippen LogP contribution in [0.2, 0.25) is 4.47 Å². The van der Waals surface area contributed by atoms with Crippen molar-refractivity contribution in [3.8, 4) is 0 Å². The number of esters is 1. The Morgan fingerprint density at radius 3 is 2.64 bits per heavy atom. The van der Waals surface area contributed by atoms with Crippen molar-refractivity contribution in [1.29, 1.82) is 0 Å². The molecule has 0 amide bonds. The number of carbonyl (C=O) groups is 2. The second-order valence-corrected chi connectivity index (χ2v) is 15.2. The number of aromatic nitrogens is 1. The van der Waals surface area contributed by atoms with Gasteiger partial charge in [0.15, 0.2) is 33.4 Å². The van der Waals surface area contributed by atoms with Crippen molar-refractivity contribution in [2.24, 2.45) is 34.5 Å². The van der Waals surface area contributed by atoms with E-state index in [0.29, 0.717) is 11.5 Å². The minimum absolute atomic E-state index is 0.0125. The van der Waals surface area contributed by atoms with Crippen LogP contribution in [-0.4, -0.2) is 52.0 Å². The minimum atomic E-state index is -1.86. The van der Waals surface area contributed by atoms with Crippen molar-refractivity contribution < 1.29 is 28.9 Å². The second-order valence-electron chi connectivity index (χ2n) is 13.6. The quantitative estimate of drug-likeness (QED) is 0.364. The second kappa shape index (κ2) is 8.48. The predicted molar refractivity (Wildman–Crippen MR) is 148 cm³/mol. The first-order chi connectivity index (χ1) is 18.1. The van der Waals surface area contributed by atoms with Crippen molar-refractivity contribution in [3.05, 3.63) is 38.3 Å². The summed E-state index contributed by atoms with van der Waals surface area (Å²) >= 11 is 7.45. The molecule has 6 rings (SSSR count). The van der Waals surface area contributed by atoms with Gasteiger partial charge < -0.3 is 19.3 Å². The molecule has 2 unspecified atom stereocenters. The van der Waals surface area contributed by atoms with Crippen molar-refractivity contribution in [1.82, 2.24) is 4.98 Å². The average Bonchev–Trinajstić information content (AvgIpc) is 3.10. The summed E-state index contributed by atoms with van der Waals surface area (Å²) in [4.78, 5) is 33.4. The lowest BCUT2D eigenvalue weighted by Gasteiger charge is -2.52. The molecule has 1 aliphatic heterocycles. The number of ether oxygens (including phenoxy) is 3. The lowest BCUT2D eigenvalue weighted by Crippen LogP contribution is -2.68. The summed E-state index contributed by atoms with van der Waals surface area (Å²) in [5.41, 5.74) is -1.59. The number of thiazole rings is 1. The van der Waals surface area contributed by atoms with Crippen molar-refractivity contribution in [2.75, 3.05) is 6.61 Å². The van der Waals surface area contributed by atoms with Gasteiger partial charge in [0, 0.05) is 10.8 Å². The van der Waals surface area contributed by atoms with E-state index in [4.69, 9.17) is 25.8 Å². The number of hydrogen-bond donors (Lipinski definition) is 1. The van der Waals surface area contributed by atoms with Crippen LogP contribution >= 0.6 is 22.9 Å². The molecule has 8 atom stereocenters. The highest BCUT2D eigenvalue weighted by Gasteiger charge is 2.77. The Morgan fingerprint density at radius 1 is 1.28 bits per heavy atom. The number of aliphatic hydroxyl groups is 1. The Labute approximate surface area is 238 Å². The van der Waals surface area contributed by atoms with Crippen molar-refractivity contribution in [3.63, 3.8) is 0 Å². The van der Waals surface area contributed by atoms with Crippen LogP contribution in [0.4, 0.5) is 0 Å². The van der Waals surface area contributed by atoms with Crippen LogP contribution in [-0.2, 0) is 19.0 Å². The van der Waals surface area contributed by atoms with E-state index in [2.05, 4.69) is 25.8 Å². The number of halogens is 1. The van der Waals surface area contributed by atoms with Crippen LogP contribution in [0, 0.1) is 34.5 Å². The maximum absolute atomic E-state index is 14.8. The molecular weight excluding hydrogens is 538 g/mol. The topological polar surface area (TPSA) is 95.0 Å². The number of carbonyl (C=O) groups excluding carboxylic acids is 2. The van der Waals surface area contributed by atoms with Crippen molar-refractivity contribution >= 4 is 34.7 Å². The molecule has 0 radical (unpaired) electrons. The first kappa shape index (κ1) is 27.6. The molecule has 0 aromatic carbocycles. The first-order valence-electron chi connectivity index (χ1n) is 13.9.